The molecule has 1 amide bonds. The molecule has 1 aromatic carbocycles. The summed E-state index contributed by atoms with van der Waals surface area (Å²) >= 11 is 0. The van der Waals surface area contributed by atoms with Crippen LogP contribution in [-0.4, -0.2) is 23.7 Å². The molecule has 94 valence electrons. The van der Waals surface area contributed by atoms with Crippen LogP contribution in [0.4, 0.5) is 13.2 Å². The van der Waals surface area contributed by atoms with E-state index < -0.39 is 23.4 Å². The number of nitrogens with one attached hydrogen (secondary N) is 1. The molecule has 6 heteroatoms. The summed E-state index contributed by atoms with van der Waals surface area (Å²) in [5.41, 5.74) is -0.300. The minimum absolute atomic E-state index is 0.117. The van der Waals surface area contributed by atoms with Gasteiger partial charge in [0.05, 0.1) is 0 Å². The summed E-state index contributed by atoms with van der Waals surface area (Å²) in [5, 5.41) is 11.0. The first kappa shape index (κ1) is 13.5. The number of carbonyl (C=O) groups is 1. The van der Waals surface area contributed by atoms with Gasteiger partial charge in [-0.1, -0.05) is 0 Å². The highest BCUT2D eigenvalue weighted by Crippen LogP contribution is 2.13. The Balaban J connectivity index is 2.83. The molecule has 0 saturated heterocycles. The predicted octanol–water partition coefficient (Wildman–Crippen LogP) is 1.60. The lowest BCUT2D eigenvalue weighted by Crippen LogP contribution is -2.33. The summed E-state index contributed by atoms with van der Waals surface area (Å²) in [7, 11) is 0. The maximum Gasteiger partial charge on any atom is 0.251 e. The molecule has 17 heavy (non-hydrogen) atoms. The average Bonchev–Trinajstić information content (AvgIpc) is 2.25. The van der Waals surface area contributed by atoms with E-state index in [0.717, 1.165) is 0 Å². The van der Waals surface area contributed by atoms with Gasteiger partial charge in [0.25, 0.3) is 5.91 Å². The summed E-state index contributed by atoms with van der Waals surface area (Å²) in [5.74, 6) is -5.15. The summed E-state index contributed by atoms with van der Waals surface area (Å²) in [6.07, 6.45) is 0.317. The van der Waals surface area contributed by atoms with Gasteiger partial charge in [-0.15, -0.1) is 0 Å². The molecular weight excluding hydrogens is 235 g/mol. The van der Waals surface area contributed by atoms with E-state index in [-0.39, 0.29) is 18.2 Å². The van der Waals surface area contributed by atoms with Gasteiger partial charge in [0.15, 0.2) is 17.5 Å². The van der Waals surface area contributed by atoms with Crippen molar-refractivity contribution in [3.8, 4) is 0 Å². The third-order valence-electron chi connectivity index (χ3n) is 2.19. The normalized spacial score (nSPS) is 12.3. The van der Waals surface area contributed by atoms with Crippen LogP contribution in [0.1, 0.15) is 23.7 Å². The SMILES string of the molecule is CC(CCO)NC(=O)c1cc(F)c(F)c(F)c1. The Labute approximate surface area is 96.3 Å². The molecule has 1 atom stereocenters. The van der Waals surface area contributed by atoms with Gasteiger partial charge in [0.2, 0.25) is 0 Å². The lowest BCUT2D eigenvalue weighted by Gasteiger charge is -2.12. The molecule has 1 aromatic rings. The monoisotopic (exact) mass is 247 g/mol. The number of benzene rings is 1. The van der Waals surface area contributed by atoms with Crippen molar-refractivity contribution in [1.82, 2.24) is 5.32 Å². The highest BCUT2D eigenvalue weighted by Gasteiger charge is 2.16. The fourth-order valence-electron chi connectivity index (χ4n) is 1.26. The largest absolute Gasteiger partial charge is 0.396 e. The molecule has 0 aliphatic carbocycles. The van der Waals surface area contributed by atoms with E-state index in [1.165, 1.54) is 0 Å². The van der Waals surface area contributed by atoms with Crippen molar-refractivity contribution in [1.29, 1.82) is 0 Å². The smallest absolute Gasteiger partial charge is 0.251 e. The first-order chi connectivity index (χ1) is 7.95. The first-order valence-electron chi connectivity index (χ1n) is 5.02. The predicted molar refractivity (Wildman–Crippen MR) is 54.9 cm³/mol. The van der Waals surface area contributed by atoms with Crippen molar-refractivity contribution in [3.63, 3.8) is 0 Å². The molecule has 0 bridgehead atoms. The molecule has 0 aliphatic rings. The second-order valence-corrected chi connectivity index (χ2v) is 3.64. The molecule has 1 unspecified atom stereocenters. The van der Waals surface area contributed by atoms with E-state index >= 15 is 0 Å². The van der Waals surface area contributed by atoms with E-state index in [1.54, 1.807) is 6.92 Å². The number of aliphatic hydroxyl groups is 1. The van der Waals surface area contributed by atoms with Gasteiger partial charge in [0.1, 0.15) is 0 Å². The highest BCUT2D eigenvalue weighted by molar-refractivity contribution is 5.94. The molecule has 0 aromatic heterocycles. The Hall–Kier alpha value is -1.56. The van der Waals surface area contributed by atoms with Crippen molar-refractivity contribution in [3.05, 3.63) is 35.1 Å². The zero-order valence-corrected chi connectivity index (χ0v) is 9.14. The first-order valence-corrected chi connectivity index (χ1v) is 5.02. The van der Waals surface area contributed by atoms with Gasteiger partial charge in [-0.05, 0) is 25.5 Å². The maximum absolute atomic E-state index is 12.9. The molecular formula is C11H12F3NO2. The van der Waals surface area contributed by atoms with Gasteiger partial charge in [-0.2, -0.15) is 0 Å². The van der Waals surface area contributed by atoms with Crippen LogP contribution in [0.3, 0.4) is 0 Å². The number of amides is 1. The molecule has 0 saturated carbocycles. The van der Waals surface area contributed by atoms with Crippen LogP contribution >= 0.6 is 0 Å². The van der Waals surface area contributed by atoms with Gasteiger partial charge in [-0.3, -0.25) is 4.79 Å². The summed E-state index contributed by atoms with van der Waals surface area (Å²) < 4.78 is 38.3. The second-order valence-electron chi connectivity index (χ2n) is 3.64. The van der Waals surface area contributed by atoms with E-state index in [0.29, 0.717) is 18.6 Å². The zero-order chi connectivity index (χ0) is 13.0. The van der Waals surface area contributed by atoms with Gasteiger partial charge in [0, 0.05) is 18.2 Å². The van der Waals surface area contributed by atoms with Crippen LogP contribution in [0.5, 0.6) is 0 Å². The summed E-state index contributed by atoms with van der Waals surface area (Å²) in [6, 6.07) is 0.905. The fourth-order valence-corrected chi connectivity index (χ4v) is 1.26. The van der Waals surface area contributed by atoms with E-state index in [2.05, 4.69) is 5.32 Å². The number of rotatable bonds is 4. The Morgan fingerprint density at radius 3 is 2.35 bits per heavy atom. The Morgan fingerprint density at radius 2 is 1.88 bits per heavy atom. The van der Waals surface area contributed by atoms with E-state index in [4.69, 9.17) is 5.11 Å². The van der Waals surface area contributed by atoms with Crippen LogP contribution < -0.4 is 5.32 Å². The minimum atomic E-state index is -1.61. The van der Waals surface area contributed by atoms with Crippen LogP contribution in [0.15, 0.2) is 12.1 Å². The van der Waals surface area contributed by atoms with Crippen molar-refractivity contribution in [2.45, 2.75) is 19.4 Å². The summed E-state index contributed by atoms with van der Waals surface area (Å²) in [6.45, 7) is 1.51. The van der Waals surface area contributed by atoms with E-state index in [9.17, 15) is 18.0 Å². The molecule has 0 spiro atoms. The topological polar surface area (TPSA) is 49.3 Å². The average molecular weight is 247 g/mol. The lowest BCUT2D eigenvalue weighted by molar-refractivity contribution is 0.0933. The maximum atomic E-state index is 12.9. The van der Waals surface area contributed by atoms with Crippen molar-refractivity contribution >= 4 is 5.91 Å². The Kier molecular flexibility index (Phi) is 4.51. The van der Waals surface area contributed by atoms with E-state index in [1.807, 2.05) is 0 Å². The molecule has 2 N–H and O–H groups in total. The second kappa shape index (κ2) is 5.67. The highest BCUT2D eigenvalue weighted by atomic mass is 19.2. The molecule has 0 aliphatic heterocycles. The van der Waals surface area contributed by atoms with Crippen molar-refractivity contribution in [2.75, 3.05) is 6.61 Å². The fraction of sp³-hybridized carbons (Fsp3) is 0.364. The Bertz CT molecular complexity index is 400. The molecule has 1 rings (SSSR count). The van der Waals surface area contributed by atoms with Crippen LogP contribution in [0.2, 0.25) is 0 Å². The van der Waals surface area contributed by atoms with Crippen LogP contribution in [0, 0.1) is 17.5 Å². The molecule has 0 heterocycles. The number of carbonyl (C=O) groups excluding carboxylic acids is 1. The quantitative estimate of drug-likeness (QED) is 0.794. The summed E-state index contributed by atoms with van der Waals surface area (Å²) in [4.78, 5) is 11.5. The van der Waals surface area contributed by atoms with Crippen molar-refractivity contribution in [2.24, 2.45) is 0 Å². The third kappa shape index (κ3) is 3.45. The van der Waals surface area contributed by atoms with Gasteiger partial charge < -0.3 is 10.4 Å². The standard InChI is InChI=1S/C11H12F3NO2/c1-6(2-3-16)15-11(17)7-4-8(12)10(14)9(13)5-7/h4-6,16H,2-3H2,1H3,(H,15,17). The van der Waals surface area contributed by atoms with Gasteiger partial charge >= 0.3 is 0 Å². The van der Waals surface area contributed by atoms with Crippen LogP contribution in [0.25, 0.3) is 0 Å². The lowest BCUT2D eigenvalue weighted by atomic mass is 10.1. The van der Waals surface area contributed by atoms with Crippen molar-refractivity contribution < 1.29 is 23.1 Å². The molecule has 3 nitrogen and oxygen atoms in total. The number of halogens is 3. The number of hydrogen-bond donors (Lipinski definition) is 2. The minimum Gasteiger partial charge on any atom is -0.396 e. The van der Waals surface area contributed by atoms with Crippen LogP contribution in [-0.2, 0) is 0 Å². The number of hydrogen-bond acceptors (Lipinski definition) is 2. The Morgan fingerprint density at radius 1 is 1.35 bits per heavy atom. The number of aliphatic hydroxyl groups excluding tert-OH is 1. The van der Waals surface area contributed by atoms with Gasteiger partial charge in [-0.25, -0.2) is 13.2 Å². The zero-order valence-electron chi connectivity index (χ0n) is 9.14. The molecule has 0 fully saturated rings. The third-order valence-corrected chi connectivity index (χ3v) is 2.19. The molecule has 0 radical (unpaired) electrons.